The summed E-state index contributed by atoms with van der Waals surface area (Å²) in [6.45, 7) is 3.74. The van der Waals surface area contributed by atoms with E-state index >= 15 is 0 Å². The topological polar surface area (TPSA) is 118 Å². The summed E-state index contributed by atoms with van der Waals surface area (Å²) in [5.74, 6) is 2.64. The van der Waals surface area contributed by atoms with E-state index < -0.39 is 55.2 Å². The number of hydrogen-bond donors (Lipinski definition) is 2. The van der Waals surface area contributed by atoms with Crippen molar-refractivity contribution in [3.8, 4) is 21.3 Å². The van der Waals surface area contributed by atoms with Crippen LogP contribution in [0, 0.1) is 11.3 Å². The van der Waals surface area contributed by atoms with Crippen molar-refractivity contribution >= 4 is 44.5 Å². The number of halogens is 6. The molecule has 230 valence electrons. The number of benzene rings is 1. The van der Waals surface area contributed by atoms with E-state index in [2.05, 4.69) is 21.0 Å². The Bertz CT molecular complexity index is 1580. The number of thiazole rings is 1. The van der Waals surface area contributed by atoms with Crippen LogP contribution in [0.15, 0.2) is 21.6 Å². The molecule has 2 atom stereocenters. The molecule has 0 radical (unpaired) electrons. The van der Waals surface area contributed by atoms with E-state index in [4.69, 9.17) is 16.1 Å². The molecule has 42 heavy (non-hydrogen) atoms. The molecular weight excluding hydrogens is 627 g/mol. The van der Waals surface area contributed by atoms with Gasteiger partial charge in [0.05, 0.1) is 35.6 Å². The van der Waals surface area contributed by atoms with Crippen molar-refractivity contribution in [3.63, 3.8) is 0 Å². The lowest BCUT2D eigenvalue weighted by Crippen LogP contribution is -2.43. The lowest BCUT2D eigenvalue weighted by molar-refractivity contribution is -0.147. The fourth-order valence-electron chi connectivity index (χ4n) is 4.29. The van der Waals surface area contributed by atoms with Gasteiger partial charge in [0.25, 0.3) is 6.43 Å². The normalized spacial score (nSPS) is 16.8. The van der Waals surface area contributed by atoms with Crippen LogP contribution in [0.1, 0.15) is 63.6 Å². The Labute approximate surface area is 247 Å². The highest BCUT2D eigenvalue weighted by Gasteiger charge is 2.38. The highest BCUT2D eigenvalue weighted by Crippen LogP contribution is 2.45. The Hall–Kier alpha value is -2.62. The quantitative estimate of drug-likeness (QED) is 0.169. The molecule has 8 nitrogen and oxygen atoms in total. The van der Waals surface area contributed by atoms with Crippen molar-refractivity contribution < 1.29 is 40.6 Å². The van der Waals surface area contributed by atoms with E-state index in [1.165, 1.54) is 19.9 Å². The molecule has 2 aromatic heterocycles. The maximum atomic E-state index is 14.5. The summed E-state index contributed by atoms with van der Waals surface area (Å²) >= 11 is 7.32. The predicted octanol–water partition coefficient (Wildman–Crippen LogP) is 6.98. The Morgan fingerprint density at radius 2 is 1.95 bits per heavy atom. The number of rotatable bonds is 11. The van der Waals surface area contributed by atoms with E-state index in [0.29, 0.717) is 17.0 Å². The molecule has 4 rings (SSSR count). The van der Waals surface area contributed by atoms with Crippen molar-refractivity contribution in [2.24, 2.45) is 11.3 Å². The Morgan fingerprint density at radius 1 is 1.29 bits per heavy atom. The fraction of sp³-hybridized carbons (Fsp3) is 0.500. The molecule has 0 saturated heterocycles. The van der Waals surface area contributed by atoms with Crippen molar-refractivity contribution in [1.29, 1.82) is 0 Å². The number of nitrogens with one attached hydrogen (secondary N) is 1. The zero-order valence-electron chi connectivity index (χ0n) is 22.7. The number of nitrogens with zero attached hydrogens (tertiary/aromatic N) is 3. The van der Waals surface area contributed by atoms with Crippen LogP contribution in [0.3, 0.4) is 0 Å². The van der Waals surface area contributed by atoms with Crippen molar-refractivity contribution in [2.75, 3.05) is 0 Å². The van der Waals surface area contributed by atoms with Crippen LogP contribution in [0.4, 0.5) is 22.0 Å². The molecular formula is C26H28ClF5N4O4S2. The van der Waals surface area contributed by atoms with Gasteiger partial charge in [0, 0.05) is 17.5 Å². The summed E-state index contributed by atoms with van der Waals surface area (Å²) in [7, 11) is -3.93. The van der Waals surface area contributed by atoms with E-state index in [9.17, 15) is 36.1 Å². The molecule has 2 N–H and O–H groups in total. The molecule has 1 unspecified atom stereocenters. The first-order valence-corrected chi connectivity index (χ1v) is 15.7. The van der Waals surface area contributed by atoms with E-state index in [-0.39, 0.29) is 34.6 Å². The lowest BCUT2D eigenvalue weighted by atomic mass is 9.81. The summed E-state index contributed by atoms with van der Waals surface area (Å²) in [6, 6.07) is 0.112. The lowest BCUT2D eigenvalue weighted by Gasteiger charge is -2.25. The van der Waals surface area contributed by atoms with Crippen LogP contribution in [0.5, 0.6) is 0 Å². The molecule has 0 bridgehead atoms. The largest absolute Gasteiger partial charge is 0.481 e. The summed E-state index contributed by atoms with van der Waals surface area (Å²) in [4.78, 5) is 20.2. The van der Waals surface area contributed by atoms with Gasteiger partial charge in [-0.05, 0) is 45.0 Å². The van der Waals surface area contributed by atoms with E-state index in [0.717, 1.165) is 43.6 Å². The van der Waals surface area contributed by atoms with E-state index in [1.54, 1.807) is 0 Å². The molecule has 16 heteroatoms. The summed E-state index contributed by atoms with van der Waals surface area (Å²) in [5, 5.41) is 12.9. The summed E-state index contributed by atoms with van der Waals surface area (Å²) in [6.07, 6.45) is -4.66. The third kappa shape index (κ3) is 6.79. The van der Waals surface area contributed by atoms with Gasteiger partial charge in [0.2, 0.25) is 11.7 Å². The van der Waals surface area contributed by atoms with Crippen LogP contribution in [0.2, 0.25) is 5.02 Å². The third-order valence-corrected chi connectivity index (χ3v) is 10.5. The number of carboxylic acid groups (broad SMARTS) is 1. The van der Waals surface area contributed by atoms with Crippen LogP contribution in [-0.4, -0.2) is 48.5 Å². The maximum absolute atomic E-state index is 14.5. The first-order valence-electron chi connectivity index (χ1n) is 12.8. The van der Waals surface area contributed by atoms with Gasteiger partial charge in [0.1, 0.15) is 6.04 Å². The van der Waals surface area contributed by atoms with Crippen LogP contribution >= 0.6 is 22.9 Å². The minimum absolute atomic E-state index is 0.0216. The number of aliphatic carboxylic acids is 1. The van der Waals surface area contributed by atoms with Gasteiger partial charge in [0.15, 0.2) is 5.01 Å². The SMILES string of the molecule is C=S(=O)(N[C@@H](C)C(F)(F)F)c1ccc(-c2sc(-c3noc(CC(C)(C)C(=O)O)n3)nc2CC2CCC2)c(C(F)F)c1Cl. The second kappa shape index (κ2) is 11.8. The standard InChI is InChI=1S/C26H28ClF5N4O4S2/c1-12(26(30,31)32)36-42(4,39)16-9-8-14(18(19(16)27)21(28)29)20-15(10-13-6-5-7-13)33-23(41-20)22-34-17(40-35-22)11-25(2,3)24(37)38/h8-9,12-13,21H,4-7,10-11H2,1-3H3,(H,36,39)(H,37,38)/t12-,42?/m0/s1. The van der Waals surface area contributed by atoms with Crippen molar-refractivity contribution in [3.05, 3.63) is 34.3 Å². The monoisotopic (exact) mass is 654 g/mol. The zero-order chi connectivity index (χ0) is 31.2. The van der Waals surface area contributed by atoms with Crippen LogP contribution in [0.25, 0.3) is 21.3 Å². The number of alkyl halides is 5. The highest BCUT2D eigenvalue weighted by molar-refractivity contribution is 7.98. The minimum atomic E-state index is -4.76. The summed E-state index contributed by atoms with van der Waals surface area (Å²) < 4.78 is 88.6. The molecule has 1 aliphatic rings. The Kier molecular flexibility index (Phi) is 9.08. The second-order valence-electron chi connectivity index (χ2n) is 10.9. The van der Waals surface area contributed by atoms with E-state index in [1.807, 2.05) is 4.72 Å². The van der Waals surface area contributed by atoms with Crippen molar-refractivity contribution in [2.45, 2.75) is 76.4 Å². The number of hydrogen-bond acceptors (Lipinski definition) is 7. The van der Waals surface area contributed by atoms with Gasteiger partial charge in [-0.15, -0.1) is 11.3 Å². The minimum Gasteiger partial charge on any atom is -0.481 e. The molecule has 0 amide bonds. The first-order chi connectivity index (χ1) is 19.4. The maximum Gasteiger partial charge on any atom is 0.404 e. The highest BCUT2D eigenvalue weighted by atomic mass is 35.5. The molecule has 1 aromatic carbocycles. The molecule has 3 aromatic rings. The van der Waals surface area contributed by atoms with Gasteiger partial charge in [-0.2, -0.15) is 18.2 Å². The molecule has 1 saturated carbocycles. The Morgan fingerprint density at radius 3 is 2.50 bits per heavy atom. The van der Waals surface area contributed by atoms with Gasteiger partial charge in [-0.3, -0.25) is 4.79 Å². The average molecular weight is 655 g/mol. The molecule has 1 aliphatic carbocycles. The predicted molar refractivity (Wildman–Crippen MR) is 149 cm³/mol. The van der Waals surface area contributed by atoms with Gasteiger partial charge >= 0.3 is 12.1 Å². The average Bonchev–Trinajstić information content (AvgIpc) is 3.46. The second-order valence-corrected chi connectivity index (χ2v) is 14.3. The fourth-order valence-corrected chi connectivity index (χ4v) is 7.49. The summed E-state index contributed by atoms with van der Waals surface area (Å²) in [5.41, 5.74) is -1.44. The molecule has 1 fully saturated rings. The van der Waals surface area contributed by atoms with Gasteiger partial charge in [-0.25, -0.2) is 22.7 Å². The first kappa shape index (κ1) is 32.3. The number of aromatic nitrogens is 3. The zero-order valence-corrected chi connectivity index (χ0v) is 25.1. The number of carboxylic acids is 1. The van der Waals surface area contributed by atoms with Gasteiger partial charge in [-0.1, -0.05) is 42.1 Å². The van der Waals surface area contributed by atoms with Crippen molar-refractivity contribution in [1.82, 2.24) is 19.8 Å². The van der Waals surface area contributed by atoms with Crippen LogP contribution < -0.4 is 4.72 Å². The van der Waals surface area contributed by atoms with Crippen LogP contribution in [-0.2, 0) is 27.3 Å². The third-order valence-electron chi connectivity index (χ3n) is 7.06. The Balaban J connectivity index is 1.78. The molecule has 0 spiro atoms. The number of carbonyl (C=O) groups is 1. The molecule has 2 heterocycles. The smallest absolute Gasteiger partial charge is 0.404 e. The van der Waals surface area contributed by atoms with Gasteiger partial charge < -0.3 is 9.63 Å². The molecule has 0 aliphatic heterocycles.